The highest BCUT2D eigenvalue weighted by atomic mass is 19.1. The topological polar surface area (TPSA) is 55.6 Å². The molecule has 0 fully saturated rings. The number of nitrogens with two attached hydrogens (primary N) is 1. The number of rotatable bonds is 4. The Morgan fingerprint density at radius 3 is 2.52 bits per heavy atom. The maximum atomic E-state index is 12.9. The van der Waals surface area contributed by atoms with Crippen molar-refractivity contribution in [2.75, 3.05) is 24.8 Å². The van der Waals surface area contributed by atoms with Gasteiger partial charge in [0, 0.05) is 13.6 Å². The van der Waals surface area contributed by atoms with Crippen molar-refractivity contribution in [3.63, 3.8) is 0 Å². The molecule has 110 valence electrons. The van der Waals surface area contributed by atoms with Crippen LogP contribution in [0.2, 0.25) is 0 Å². The number of nitrogen functional groups attached to an aromatic ring is 1. The summed E-state index contributed by atoms with van der Waals surface area (Å²) in [6.07, 6.45) is 0. The van der Waals surface area contributed by atoms with Gasteiger partial charge in [0.15, 0.2) is 0 Å². The summed E-state index contributed by atoms with van der Waals surface area (Å²) in [6.45, 7) is 0.551. The summed E-state index contributed by atoms with van der Waals surface area (Å²) in [4.78, 5) is 13.5. The van der Waals surface area contributed by atoms with Gasteiger partial charge in [-0.25, -0.2) is 9.18 Å². The highest BCUT2D eigenvalue weighted by Gasteiger charge is 2.15. The van der Waals surface area contributed by atoms with Crippen molar-refractivity contribution in [1.29, 1.82) is 0 Å². The molecule has 0 aliphatic heterocycles. The van der Waals surface area contributed by atoms with Crippen molar-refractivity contribution in [2.24, 2.45) is 0 Å². The minimum absolute atomic E-state index is 0.270. The van der Waals surface area contributed by atoms with Crippen molar-refractivity contribution >= 4 is 17.3 Å². The third-order valence-corrected chi connectivity index (χ3v) is 3.23. The Labute approximate surface area is 122 Å². The van der Waals surface area contributed by atoms with E-state index in [9.17, 15) is 9.18 Å². The number of benzene rings is 2. The van der Waals surface area contributed by atoms with E-state index < -0.39 is 5.97 Å². The van der Waals surface area contributed by atoms with Gasteiger partial charge in [0.2, 0.25) is 0 Å². The van der Waals surface area contributed by atoms with Crippen LogP contribution >= 0.6 is 0 Å². The first kappa shape index (κ1) is 14.8. The molecule has 2 aromatic rings. The lowest BCUT2D eigenvalue weighted by atomic mass is 10.1. The standard InChI is InChI=1S/C16H17FN2O2/c1-19(10-11-6-8-12(17)9-7-11)14-5-3-4-13(15(14)18)16(20)21-2/h3-9H,10,18H2,1-2H3. The molecule has 2 rings (SSSR count). The van der Waals surface area contributed by atoms with Gasteiger partial charge in [-0.1, -0.05) is 18.2 Å². The van der Waals surface area contributed by atoms with Gasteiger partial charge in [-0.2, -0.15) is 0 Å². The highest BCUT2D eigenvalue weighted by Crippen LogP contribution is 2.27. The number of para-hydroxylation sites is 1. The van der Waals surface area contributed by atoms with E-state index in [1.54, 1.807) is 24.3 Å². The third-order valence-electron chi connectivity index (χ3n) is 3.23. The normalized spacial score (nSPS) is 10.2. The van der Waals surface area contributed by atoms with Crippen molar-refractivity contribution in [3.05, 3.63) is 59.4 Å². The van der Waals surface area contributed by atoms with E-state index in [0.29, 0.717) is 17.8 Å². The average Bonchev–Trinajstić information content (AvgIpc) is 2.49. The zero-order valence-electron chi connectivity index (χ0n) is 12.0. The van der Waals surface area contributed by atoms with Crippen molar-refractivity contribution < 1.29 is 13.9 Å². The summed E-state index contributed by atoms with van der Waals surface area (Å²) >= 11 is 0. The predicted molar refractivity (Wildman–Crippen MR) is 80.7 cm³/mol. The number of hydrogen-bond donors (Lipinski definition) is 1. The predicted octanol–water partition coefficient (Wildman–Crippen LogP) is 2.83. The van der Waals surface area contributed by atoms with E-state index >= 15 is 0 Å². The first-order chi connectivity index (χ1) is 10.0. The van der Waals surface area contributed by atoms with Crippen LogP contribution in [0.25, 0.3) is 0 Å². The summed E-state index contributed by atoms with van der Waals surface area (Å²) in [5, 5.41) is 0. The monoisotopic (exact) mass is 288 g/mol. The molecule has 0 aliphatic rings. The van der Waals surface area contributed by atoms with Gasteiger partial charge in [0.25, 0.3) is 0 Å². The minimum Gasteiger partial charge on any atom is -0.465 e. The zero-order valence-corrected chi connectivity index (χ0v) is 12.0. The number of ether oxygens (including phenoxy) is 1. The largest absolute Gasteiger partial charge is 0.465 e. The fourth-order valence-corrected chi connectivity index (χ4v) is 2.12. The maximum absolute atomic E-state index is 12.9. The molecule has 5 heteroatoms. The van der Waals surface area contributed by atoms with Crippen LogP contribution in [0, 0.1) is 5.82 Å². The van der Waals surface area contributed by atoms with E-state index in [1.807, 2.05) is 18.0 Å². The average molecular weight is 288 g/mol. The van der Waals surface area contributed by atoms with Gasteiger partial charge in [-0.05, 0) is 29.8 Å². The van der Waals surface area contributed by atoms with Crippen LogP contribution in [-0.2, 0) is 11.3 Å². The molecule has 21 heavy (non-hydrogen) atoms. The van der Waals surface area contributed by atoms with Crippen LogP contribution in [-0.4, -0.2) is 20.1 Å². The third kappa shape index (κ3) is 3.31. The summed E-state index contributed by atoms with van der Waals surface area (Å²) in [5.74, 6) is -0.738. The van der Waals surface area contributed by atoms with Gasteiger partial charge in [-0.15, -0.1) is 0 Å². The van der Waals surface area contributed by atoms with E-state index in [0.717, 1.165) is 11.3 Å². The Morgan fingerprint density at radius 1 is 1.24 bits per heavy atom. The molecule has 0 bridgehead atoms. The molecule has 0 aromatic heterocycles. The van der Waals surface area contributed by atoms with Crippen LogP contribution < -0.4 is 10.6 Å². The molecule has 4 nitrogen and oxygen atoms in total. The molecule has 0 spiro atoms. The number of nitrogens with zero attached hydrogens (tertiary/aromatic N) is 1. The molecular weight excluding hydrogens is 271 g/mol. The van der Waals surface area contributed by atoms with E-state index in [-0.39, 0.29) is 5.82 Å². The fraction of sp³-hybridized carbons (Fsp3) is 0.188. The molecule has 0 saturated heterocycles. The number of anilines is 2. The molecule has 2 N–H and O–H groups in total. The second-order valence-corrected chi connectivity index (χ2v) is 4.71. The minimum atomic E-state index is -0.468. The SMILES string of the molecule is COC(=O)c1cccc(N(C)Cc2ccc(F)cc2)c1N. The van der Waals surface area contributed by atoms with E-state index in [2.05, 4.69) is 0 Å². The molecule has 2 aromatic carbocycles. The van der Waals surface area contributed by atoms with Crippen LogP contribution in [0.1, 0.15) is 15.9 Å². The van der Waals surface area contributed by atoms with Crippen LogP contribution in [0.15, 0.2) is 42.5 Å². The van der Waals surface area contributed by atoms with Crippen molar-refractivity contribution in [2.45, 2.75) is 6.54 Å². The van der Waals surface area contributed by atoms with Crippen molar-refractivity contribution in [1.82, 2.24) is 0 Å². The van der Waals surface area contributed by atoms with Gasteiger partial charge < -0.3 is 15.4 Å². The maximum Gasteiger partial charge on any atom is 0.340 e. The Bertz CT molecular complexity index is 641. The Kier molecular flexibility index (Phi) is 4.42. The Hall–Kier alpha value is -2.56. The van der Waals surface area contributed by atoms with Gasteiger partial charge in [0.1, 0.15) is 5.82 Å². The van der Waals surface area contributed by atoms with Gasteiger partial charge in [-0.3, -0.25) is 0 Å². The second-order valence-electron chi connectivity index (χ2n) is 4.71. The Balaban J connectivity index is 2.25. The lowest BCUT2D eigenvalue weighted by Crippen LogP contribution is -2.19. The van der Waals surface area contributed by atoms with Crippen LogP contribution in [0.4, 0.5) is 15.8 Å². The van der Waals surface area contributed by atoms with Gasteiger partial charge in [0.05, 0.1) is 24.0 Å². The summed E-state index contributed by atoms with van der Waals surface area (Å²) in [6, 6.07) is 11.5. The summed E-state index contributed by atoms with van der Waals surface area (Å²) in [7, 11) is 3.17. The van der Waals surface area contributed by atoms with Gasteiger partial charge >= 0.3 is 5.97 Å². The molecule has 0 amide bonds. The molecule has 0 heterocycles. The number of esters is 1. The number of hydrogen-bond acceptors (Lipinski definition) is 4. The molecule has 0 unspecified atom stereocenters. The fourth-order valence-electron chi connectivity index (χ4n) is 2.12. The smallest absolute Gasteiger partial charge is 0.340 e. The number of methoxy groups -OCH3 is 1. The van der Waals surface area contributed by atoms with E-state index in [4.69, 9.17) is 10.5 Å². The lowest BCUT2D eigenvalue weighted by Gasteiger charge is -2.22. The molecule has 0 saturated carbocycles. The number of carbonyl (C=O) groups is 1. The number of carbonyl (C=O) groups excluding carboxylic acids is 1. The molecule has 0 atom stereocenters. The zero-order chi connectivity index (χ0) is 15.4. The van der Waals surface area contributed by atoms with Crippen LogP contribution in [0.3, 0.4) is 0 Å². The first-order valence-electron chi connectivity index (χ1n) is 6.45. The summed E-state index contributed by atoms with van der Waals surface area (Å²) in [5.41, 5.74) is 8.41. The second kappa shape index (κ2) is 6.26. The first-order valence-corrected chi connectivity index (χ1v) is 6.45. The van der Waals surface area contributed by atoms with E-state index in [1.165, 1.54) is 19.2 Å². The molecule has 0 aliphatic carbocycles. The number of halogens is 1. The molecular formula is C16H17FN2O2. The lowest BCUT2D eigenvalue weighted by molar-refractivity contribution is 0.0602. The van der Waals surface area contributed by atoms with Crippen molar-refractivity contribution in [3.8, 4) is 0 Å². The quantitative estimate of drug-likeness (QED) is 0.694. The molecule has 0 radical (unpaired) electrons. The highest BCUT2D eigenvalue weighted by molar-refractivity contribution is 5.98. The Morgan fingerprint density at radius 2 is 1.90 bits per heavy atom. The van der Waals surface area contributed by atoms with Crippen LogP contribution in [0.5, 0.6) is 0 Å². The summed E-state index contributed by atoms with van der Waals surface area (Å²) < 4.78 is 17.6.